The quantitative estimate of drug-likeness (QED) is 0.735. The highest BCUT2D eigenvalue weighted by Crippen LogP contribution is 2.25. The largest absolute Gasteiger partial charge is 0.482 e. The Morgan fingerprint density at radius 1 is 1.20 bits per heavy atom. The van der Waals surface area contributed by atoms with E-state index in [4.69, 9.17) is 4.74 Å². The second-order valence-electron chi connectivity index (χ2n) is 4.65. The van der Waals surface area contributed by atoms with Gasteiger partial charge in [0.25, 0.3) is 0 Å². The summed E-state index contributed by atoms with van der Waals surface area (Å²) in [5, 5.41) is 0. The first kappa shape index (κ1) is 14.8. The van der Waals surface area contributed by atoms with Crippen LogP contribution in [0.4, 0.5) is 0 Å². The molecule has 0 saturated carbocycles. The van der Waals surface area contributed by atoms with Gasteiger partial charge in [0.15, 0.2) is 6.10 Å². The Morgan fingerprint density at radius 3 is 2.55 bits per heavy atom. The summed E-state index contributed by atoms with van der Waals surface area (Å²) < 4.78 is 6.86. The molecule has 0 heterocycles. The molecule has 104 valence electrons. The molecule has 0 bridgehead atoms. The second-order valence-corrected chi connectivity index (χ2v) is 5.57. The third kappa shape index (κ3) is 3.48. The van der Waals surface area contributed by atoms with Crippen molar-refractivity contribution >= 4 is 21.7 Å². The van der Waals surface area contributed by atoms with Crippen molar-refractivity contribution in [2.45, 2.75) is 26.4 Å². The molecule has 0 amide bonds. The zero-order chi connectivity index (χ0) is 14.5. The number of Topliss-reactive ketones (excluding diaryl/α,β-unsaturated/α-hetero) is 1. The summed E-state index contributed by atoms with van der Waals surface area (Å²) in [7, 11) is 0. The Hall–Kier alpha value is -1.61. The molecule has 0 spiro atoms. The third-order valence-electron chi connectivity index (χ3n) is 3.14. The Bertz CT molecular complexity index is 593. The van der Waals surface area contributed by atoms with Gasteiger partial charge in [0.2, 0.25) is 5.78 Å². The molecule has 1 atom stereocenters. The Kier molecular flexibility index (Phi) is 4.96. The van der Waals surface area contributed by atoms with Crippen LogP contribution in [-0.2, 0) is 0 Å². The van der Waals surface area contributed by atoms with E-state index in [-0.39, 0.29) is 5.78 Å². The van der Waals surface area contributed by atoms with E-state index >= 15 is 0 Å². The molecule has 0 fully saturated rings. The van der Waals surface area contributed by atoms with Crippen LogP contribution in [0, 0.1) is 6.92 Å². The number of carbonyl (C=O) groups excluding carboxylic acids is 1. The maximum Gasteiger partial charge on any atom is 0.203 e. The Balaban J connectivity index is 2.21. The lowest BCUT2D eigenvalue weighted by atomic mass is 10.0. The van der Waals surface area contributed by atoms with E-state index in [1.165, 1.54) is 0 Å². The van der Waals surface area contributed by atoms with Crippen LogP contribution >= 0.6 is 15.9 Å². The summed E-state index contributed by atoms with van der Waals surface area (Å²) in [6.07, 6.45) is 0.185. The van der Waals surface area contributed by atoms with Gasteiger partial charge in [0.1, 0.15) is 5.75 Å². The first-order valence-electron chi connectivity index (χ1n) is 6.64. The van der Waals surface area contributed by atoms with Crippen molar-refractivity contribution in [1.29, 1.82) is 0 Å². The van der Waals surface area contributed by atoms with Crippen LogP contribution in [0.5, 0.6) is 5.75 Å². The normalized spacial score (nSPS) is 11.9. The van der Waals surface area contributed by atoms with Crippen molar-refractivity contribution in [3.05, 3.63) is 64.1 Å². The fourth-order valence-corrected chi connectivity index (χ4v) is 2.30. The van der Waals surface area contributed by atoms with Crippen LogP contribution in [-0.4, -0.2) is 11.9 Å². The van der Waals surface area contributed by atoms with Gasteiger partial charge in [-0.05, 0) is 31.0 Å². The molecule has 0 aliphatic carbocycles. The van der Waals surface area contributed by atoms with Crippen molar-refractivity contribution in [3.8, 4) is 5.75 Å². The number of carbonyl (C=O) groups is 1. The lowest BCUT2D eigenvalue weighted by molar-refractivity contribution is 0.0785. The number of rotatable bonds is 5. The lowest BCUT2D eigenvalue weighted by Gasteiger charge is -2.18. The average Bonchev–Trinajstić information content (AvgIpc) is 2.48. The van der Waals surface area contributed by atoms with E-state index in [1.54, 1.807) is 0 Å². The van der Waals surface area contributed by atoms with E-state index in [0.29, 0.717) is 12.0 Å². The fourth-order valence-electron chi connectivity index (χ4n) is 1.96. The molecule has 0 aromatic heterocycles. The molecule has 3 heteroatoms. The van der Waals surface area contributed by atoms with Crippen molar-refractivity contribution in [3.63, 3.8) is 0 Å². The summed E-state index contributed by atoms with van der Waals surface area (Å²) in [5.41, 5.74) is 1.71. The van der Waals surface area contributed by atoms with Crippen LogP contribution < -0.4 is 4.74 Å². The summed E-state index contributed by atoms with van der Waals surface area (Å²) in [6.45, 7) is 3.93. The average molecular weight is 333 g/mol. The van der Waals surface area contributed by atoms with Crippen LogP contribution in [0.3, 0.4) is 0 Å². The highest BCUT2D eigenvalue weighted by molar-refractivity contribution is 9.10. The molecule has 0 radical (unpaired) electrons. The zero-order valence-corrected chi connectivity index (χ0v) is 13.2. The van der Waals surface area contributed by atoms with Gasteiger partial charge in [-0.1, -0.05) is 59.3 Å². The van der Waals surface area contributed by atoms with Gasteiger partial charge in [-0.15, -0.1) is 0 Å². The molecular formula is C17H17BrO2. The minimum Gasteiger partial charge on any atom is -0.482 e. The van der Waals surface area contributed by atoms with Gasteiger partial charge in [-0.3, -0.25) is 4.79 Å². The SMILES string of the molecule is CCC(Oc1cc(Br)ccc1C)C(=O)c1ccccc1. The predicted molar refractivity (Wildman–Crippen MR) is 84.4 cm³/mol. The van der Waals surface area contributed by atoms with Crippen LogP contribution in [0.2, 0.25) is 0 Å². The van der Waals surface area contributed by atoms with Crippen LogP contribution in [0.1, 0.15) is 29.3 Å². The Morgan fingerprint density at radius 2 is 1.90 bits per heavy atom. The molecule has 0 aliphatic rings. The number of aryl methyl sites for hydroxylation is 1. The molecule has 0 aliphatic heterocycles. The smallest absolute Gasteiger partial charge is 0.203 e. The predicted octanol–water partition coefficient (Wildman–Crippen LogP) is 4.80. The highest BCUT2D eigenvalue weighted by Gasteiger charge is 2.20. The first-order chi connectivity index (χ1) is 9.61. The molecule has 2 aromatic carbocycles. The molecule has 0 N–H and O–H groups in total. The van der Waals surface area contributed by atoms with Gasteiger partial charge < -0.3 is 4.74 Å². The van der Waals surface area contributed by atoms with Crippen LogP contribution in [0.15, 0.2) is 53.0 Å². The maximum absolute atomic E-state index is 12.4. The molecule has 20 heavy (non-hydrogen) atoms. The highest BCUT2D eigenvalue weighted by atomic mass is 79.9. The van der Waals surface area contributed by atoms with Crippen molar-refractivity contribution < 1.29 is 9.53 Å². The number of benzene rings is 2. The standard InChI is InChI=1S/C17H17BrO2/c1-3-15(17(19)13-7-5-4-6-8-13)20-16-11-14(18)10-9-12(16)2/h4-11,15H,3H2,1-2H3. The molecule has 1 unspecified atom stereocenters. The van der Waals surface area contributed by atoms with Crippen molar-refractivity contribution in [2.75, 3.05) is 0 Å². The summed E-state index contributed by atoms with van der Waals surface area (Å²) >= 11 is 3.43. The summed E-state index contributed by atoms with van der Waals surface area (Å²) in [5.74, 6) is 0.767. The first-order valence-corrected chi connectivity index (χ1v) is 7.43. The monoisotopic (exact) mass is 332 g/mol. The fraction of sp³-hybridized carbons (Fsp3) is 0.235. The van der Waals surface area contributed by atoms with Gasteiger partial charge in [-0.2, -0.15) is 0 Å². The summed E-state index contributed by atoms with van der Waals surface area (Å²) in [4.78, 5) is 12.4. The number of ketones is 1. The minimum atomic E-state index is -0.453. The molecule has 0 saturated heterocycles. The number of halogens is 1. The molecule has 2 rings (SSSR count). The van der Waals surface area contributed by atoms with Gasteiger partial charge in [0.05, 0.1) is 0 Å². The number of hydrogen-bond acceptors (Lipinski definition) is 2. The van der Waals surface area contributed by atoms with Gasteiger partial charge in [0, 0.05) is 10.0 Å². The lowest BCUT2D eigenvalue weighted by Crippen LogP contribution is -2.27. The van der Waals surface area contributed by atoms with E-state index in [0.717, 1.165) is 15.8 Å². The molecule has 2 nitrogen and oxygen atoms in total. The van der Waals surface area contributed by atoms with E-state index in [9.17, 15) is 4.79 Å². The van der Waals surface area contributed by atoms with Crippen molar-refractivity contribution in [2.24, 2.45) is 0 Å². The van der Waals surface area contributed by atoms with E-state index in [1.807, 2.05) is 62.4 Å². The summed E-state index contributed by atoms with van der Waals surface area (Å²) in [6, 6.07) is 15.1. The topological polar surface area (TPSA) is 26.3 Å². The number of ether oxygens (including phenoxy) is 1. The second kappa shape index (κ2) is 6.71. The molecular weight excluding hydrogens is 316 g/mol. The van der Waals surface area contributed by atoms with Gasteiger partial charge in [-0.25, -0.2) is 0 Å². The minimum absolute atomic E-state index is 0.0208. The number of hydrogen-bond donors (Lipinski definition) is 0. The molecule has 2 aromatic rings. The zero-order valence-electron chi connectivity index (χ0n) is 11.6. The van der Waals surface area contributed by atoms with E-state index in [2.05, 4.69) is 15.9 Å². The Labute approximate surface area is 127 Å². The van der Waals surface area contributed by atoms with Crippen molar-refractivity contribution in [1.82, 2.24) is 0 Å². The van der Waals surface area contributed by atoms with Crippen LogP contribution in [0.25, 0.3) is 0 Å². The maximum atomic E-state index is 12.4. The van der Waals surface area contributed by atoms with Gasteiger partial charge >= 0.3 is 0 Å². The van der Waals surface area contributed by atoms with E-state index < -0.39 is 6.10 Å². The third-order valence-corrected chi connectivity index (χ3v) is 3.63.